The number of anilines is 1. The van der Waals surface area contributed by atoms with Crippen molar-refractivity contribution in [2.45, 2.75) is 19.4 Å². The number of rotatable bonds is 6. The molecule has 3 rings (SSSR count). The van der Waals surface area contributed by atoms with E-state index in [2.05, 4.69) is 5.32 Å². The Morgan fingerprint density at radius 2 is 1.81 bits per heavy atom. The Morgan fingerprint density at radius 3 is 2.48 bits per heavy atom. The molecule has 1 aliphatic heterocycles. The molecule has 6 heteroatoms. The first-order chi connectivity index (χ1) is 13.0. The van der Waals surface area contributed by atoms with Crippen molar-refractivity contribution < 1.29 is 19.1 Å². The lowest BCUT2D eigenvalue weighted by atomic mass is 10.1. The van der Waals surface area contributed by atoms with Crippen LogP contribution in [0.5, 0.6) is 11.5 Å². The third kappa shape index (κ3) is 4.05. The van der Waals surface area contributed by atoms with Crippen LogP contribution in [0.3, 0.4) is 0 Å². The molecule has 0 spiro atoms. The Balaban J connectivity index is 1.69. The molecule has 1 fully saturated rings. The maximum absolute atomic E-state index is 12.6. The van der Waals surface area contributed by atoms with Crippen molar-refractivity contribution in [3.05, 3.63) is 54.1 Å². The normalized spacial score (nSPS) is 17.5. The molecule has 142 valence electrons. The second kappa shape index (κ2) is 8.12. The molecular weight excluding hydrogens is 344 g/mol. The van der Waals surface area contributed by atoms with Gasteiger partial charge in [0.1, 0.15) is 0 Å². The molecule has 2 amide bonds. The molecule has 6 nitrogen and oxygen atoms in total. The number of benzene rings is 2. The van der Waals surface area contributed by atoms with Crippen molar-refractivity contribution >= 4 is 17.5 Å². The van der Waals surface area contributed by atoms with Crippen LogP contribution in [-0.2, 0) is 9.59 Å². The van der Waals surface area contributed by atoms with Gasteiger partial charge in [-0.3, -0.25) is 9.59 Å². The summed E-state index contributed by atoms with van der Waals surface area (Å²) in [6.07, 6.45) is 0.196. The van der Waals surface area contributed by atoms with Gasteiger partial charge in [-0.1, -0.05) is 30.3 Å². The summed E-state index contributed by atoms with van der Waals surface area (Å²) in [4.78, 5) is 26.7. The molecule has 2 atom stereocenters. The van der Waals surface area contributed by atoms with Gasteiger partial charge in [0.15, 0.2) is 11.5 Å². The van der Waals surface area contributed by atoms with E-state index in [1.54, 1.807) is 37.3 Å². The first kappa shape index (κ1) is 18.8. The van der Waals surface area contributed by atoms with Gasteiger partial charge in [-0.15, -0.1) is 0 Å². The van der Waals surface area contributed by atoms with Gasteiger partial charge < -0.3 is 19.7 Å². The van der Waals surface area contributed by atoms with Crippen LogP contribution in [0.25, 0.3) is 0 Å². The van der Waals surface area contributed by atoms with E-state index in [-0.39, 0.29) is 30.2 Å². The standard InChI is InChI=1S/C21H24N2O4/c1-14(15-7-5-4-6-8-15)22-21(25)16-11-20(24)23(13-16)17-9-10-18(26-2)19(12-17)27-3/h4-10,12,14,16H,11,13H2,1-3H3,(H,22,25). The lowest BCUT2D eigenvalue weighted by Crippen LogP contribution is -2.34. The summed E-state index contributed by atoms with van der Waals surface area (Å²) in [5.74, 6) is 0.585. The number of carbonyl (C=O) groups is 2. The van der Waals surface area contributed by atoms with E-state index in [1.807, 2.05) is 37.3 Å². The van der Waals surface area contributed by atoms with Crippen LogP contribution in [0.2, 0.25) is 0 Å². The highest BCUT2D eigenvalue weighted by molar-refractivity contribution is 6.00. The van der Waals surface area contributed by atoms with Crippen molar-refractivity contribution in [3.8, 4) is 11.5 Å². The maximum Gasteiger partial charge on any atom is 0.227 e. The zero-order valence-electron chi connectivity index (χ0n) is 15.8. The molecule has 0 saturated carbocycles. The average molecular weight is 368 g/mol. The molecule has 1 saturated heterocycles. The summed E-state index contributed by atoms with van der Waals surface area (Å²) in [5.41, 5.74) is 1.73. The van der Waals surface area contributed by atoms with Crippen LogP contribution in [0.4, 0.5) is 5.69 Å². The Labute approximate surface area is 159 Å². The van der Waals surface area contributed by atoms with E-state index in [9.17, 15) is 9.59 Å². The van der Waals surface area contributed by atoms with Crippen LogP contribution in [0, 0.1) is 5.92 Å². The van der Waals surface area contributed by atoms with Crippen LogP contribution >= 0.6 is 0 Å². The Kier molecular flexibility index (Phi) is 5.64. The summed E-state index contributed by atoms with van der Waals surface area (Å²) in [6.45, 7) is 2.29. The lowest BCUT2D eigenvalue weighted by Gasteiger charge is -2.20. The largest absolute Gasteiger partial charge is 0.493 e. The second-order valence-corrected chi connectivity index (χ2v) is 6.59. The van der Waals surface area contributed by atoms with Gasteiger partial charge in [0.25, 0.3) is 0 Å². The average Bonchev–Trinajstić information content (AvgIpc) is 3.09. The molecular formula is C21H24N2O4. The molecule has 1 aliphatic rings. The SMILES string of the molecule is COc1ccc(N2CC(C(=O)NC(C)c3ccccc3)CC2=O)cc1OC. The van der Waals surface area contributed by atoms with Crippen molar-refractivity contribution in [1.82, 2.24) is 5.32 Å². The minimum Gasteiger partial charge on any atom is -0.493 e. The minimum absolute atomic E-state index is 0.0743. The van der Waals surface area contributed by atoms with Crippen LogP contribution in [0.1, 0.15) is 24.9 Å². The van der Waals surface area contributed by atoms with E-state index in [1.165, 1.54) is 0 Å². The highest BCUT2D eigenvalue weighted by Gasteiger charge is 2.35. The molecule has 2 aromatic carbocycles. The van der Waals surface area contributed by atoms with E-state index < -0.39 is 0 Å². The van der Waals surface area contributed by atoms with Crippen molar-refractivity contribution in [2.75, 3.05) is 25.7 Å². The quantitative estimate of drug-likeness (QED) is 0.851. The molecule has 2 unspecified atom stereocenters. The number of methoxy groups -OCH3 is 2. The molecule has 0 aromatic heterocycles. The third-order valence-corrected chi connectivity index (χ3v) is 4.83. The molecule has 27 heavy (non-hydrogen) atoms. The maximum atomic E-state index is 12.6. The van der Waals surface area contributed by atoms with E-state index in [4.69, 9.17) is 9.47 Å². The summed E-state index contributed by atoms with van der Waals surface area (Å²) < 4.78 is 10.5. The van der Waals surface area contributed by atoms with Crippen LogP contribution in [0.15, 0.2) is 48.5 Å². The van der Waals surface area contributed by atoms with E-state index in [0.29, 0.717) is 23.7 Å². The van der Waals surface area contributed by atoms with Gasteiger partial charge in [0.2, 0.25) is 11.8 Å². The zero-order valence-corrected chi connectivity index (χ0v) is 15.8. The number of amides is 2. The summed E-state index contributed by atoms with van der Waals surface area (Å²) in [7, 11) is 3.11. The minimum atomic E-state index is -0.378. The molecule has 1 N–H and O–H groups in total. The Morgan fingerprint density at radius 1 is 1.11 bits per heavy atom. The molecule has 2 aromatic rings. The number of hydrogen-bond donors (Lipinski definition) is 1. The fourth-order valence-corrected chi connectivity index (χ4v) is 3.28. The second-order valence-electron chi connectivity index (χ2n) is 6.59. The molecule has 0 radical (unpaired) electrons. The monoisotopic (exact) mass is 368 g/mol. The van der Waals surface area contributed by atoms with Gasteiger partial charge in [-0.05, 0) is 24.6 Å². The molecule has 0 aliphatic carbocycles. The van der Waals surface area contributed by atoms with Gasteiger partial charge in [-0.25, -0.2) is 0 Å². The Hall–Kier alpha value is -3.02. The topological polar surface area (TPSA) is 67.9 Å². The van der Waals surface area contributed by atoms with Crippen molar-refractivity contribution in [2.24, 2.45) is 5.92 Å². The number of nitrogens with zero attached hydrogens (tertiary/aromatic N) is 1. The third-order valence-electron chi connectivity index (χ3n) is 4.83. The van der Waals surface area contributed by atoms with Gasteiger partial charge in [0, 0.05) is 24.7 Å². The highest BCUT2D eigenvalue weighted by atomic mass is 16.5. The van der Waals surface area contributed by atoms with Crippen LogP contribution < -0.4 is 19.7 Å². The van der Waals surface area contributed by atoms with E-state index in [0.717, 1.165) is 5.56 Å². The van der Waals surface area contributed by atoms with Gasteiger partial charge in [0.05, 0.1) is 26.2 Å². The first-order valence-electron chi connectivity index (χ1n) is 8.91. The number of carbonyl (C=O) groups excluding carboxylic acids is 2. The fraction of sp³-hybridized carbons (Fsp3) is 0.333. The molecule has 0 bridgehead atoms. The predicted molar refractivity (Wildman–Crippen MR) is 103 cm³/mol. The van der Waals surface area contributed by atoms with Crippen molar-refractivity contribution in [1.29, 1.82) is 0 Å². The van der Waals surface area contributed by atoms with Gasteiger partial charge in [-0.2, -0.15) is 0 Å². The number of nitrogens with one attached hydrogen (secondary N) is 1. The lowest BCUT2D eigenvalue weighted by molar-refractivity contribution is -0.126. The number of hydrogen-bond acceptors (Lipinski definition) is 4. The summed E-state index contributed by atoms with van der Waals surface area (Å²) in [5, 5.41) is 3.01. The molecule has 1 heterocycles. The zero-order chi connectivity index (χ0) is 19.4. The fourth-order valence-electron chi connectivity index (χ4n) is 3.28. The smallest absolute Gasteiger partial charge is 0.227 e. The summed E-state index contributed by atoms with van der Waals surface area (Å²) >= 11 is 0. The van der Waals surface area contributed by atoms with Gasteiger partial charge >= 0.3 is 0 Å². The number of ether oxygens (including phenoxy) is 2. The van der Waals surface area contributed by atoms with Crippen LogP contribution in [-0.4, -0.2) is 32.6 Å². The Bertz CT molecular complexity index is 822. The highest BCUT2D eigenvalue weighted by Crippen LogP contribution is 2.34. The predicted octanol–water partition coefficient (Wildman–Crippen LogP) is 2.93. The first-order valence-corrected chi connectivity index (χ1v) is 8.91. The summed E-state index contributed by atoms with van der Waals surface area (Å²) in [6, 6.07) is 15.0. The van der Waals surface area contributed by atoms with Crippen molar-refractivity contribution in [3.63, 3.8) is 0 Å². The van der Waals surface area contributed by atoms with E-state index >= 15 is 0 Å².